The largest absolute Gasteiger partial charge is 0.398 e. The van der Waals surface area contributed by atoms with E-state index in [0.29, 0.717) is 5.69 Å². The van der Waals surface area contributed by atoms with E-state index < -0.39 is 0 Å². The summed E-state index contributed by atoms with van der Waals surface area (Å²) in [5.41, 5.74) is 26.5. The molecular formula is C47H37N5. The molecule has 0 saturated carbocycles. The van der Waals surface area contributed by atoms with Gasteiger partial charge in [0.15, 0.2) is 0 Å². The lowest BCUT2D eigenvalue weighted by Crippen LogP contribution is -1.93. The van der Waals surface area contributed by atoms with Crippen LogP contribution in [0.25, 0.3) is 90.9 Å². The van der Waals surface area contributed by atoms with Gasteiger partial charge in [0.25, 0.3) is 0 Å². The van der Waals surface area contributed by atoms with Crippen LogP contribution in [0.2, 0.25) is 0 Å². The van der Waals surface area contributed by atoms with Gasteiger partial charge in [-0.1, -0.05) is 108 Å². The van der Waals surface area contributed by atoms with Crippen LogP contribution in [0.15, 0.2) is 121 Å². The fourth-order valence-electron chi connectivity index (χ4n) is 7.29. The van der Waals surface area contributed by atoms with Gasteiger partial charge in [-0.05, 0) is 92.1 Å². The van der Waals surface area contributed by atoms with Crippen molar-refractivity contribution in [2.75, 3.05) is 5.73 Å². The molecule has 3 aromatic heterocycles. The predicted molar refractivity (Wildman–Crippen MR) is 219 cm³/mol. The summed E-state index contributed by atoms with van der Waals surface area (Å²) < 4.78 is 0. The maximum absolute atomic E-state index is 6.70. The second-order valence-corrected chi connectivity index (χ2v) is 13.7. The van der Waals surface area contributed by atoms with E-state index in [0.717, 1.165) is 89.4 Å². The number of hydrogen-bond acceptors (Lipinski definition) is 3. The molecule has 2 aliphatic rings. The fourth-order valence-corrected chi connectivity index (χ4v) is 7.29. The Morgan fingerprint density at radius 3 is 1.08 bits per heavy atom. The van der Waals surface area contributed by atoms with Crippen LogP contribution >= 0.6 is 0 Å². The molecule has 5 nitrogen and oxygen atoms in total. The molecule has 0 saturated heterocycles. The van der Waals surface area contributed by atoms with Crippen molar-refractivity contribution < 1.29 is 0 Å². The Labute approximate surface area is 302 Å². The minimum Gasteiger partial charge on any atom is -0.398 e. The first-order valence-electron chi connectivity index (χ1n) is 17.6. The van der Waals surface area contributed by atoms with Crippen LogP contribution in [-0.2, 0) is 0 Å². The van der Waals surface area contributed by atoms with Gasteiger partial charge in [0, 0.05) is 55.6 Å². The number of fused-ring (bicyclic) bond motifs is 8. The van der Waals surface area contributed by atoms with Crippen LogP contribution in [-0.4, -0.2) is 19.9 Å². The number of aryl methyl sites for hydroxylation is 3. The SMILES string of the molecule is Cc1ccc(-c2c3nc(c(-c4ccc(C)cc4)c4ccc([nH]4)c(-c4ccccc4N)c4nc(c(-c5ccc(C)cc5)c5ccc2[nH]5)C=C4)C=C3)cc1. The summed E-state index contributed by atoms with van der Waals surface area (Å²) in [5, 5.41) is 0. The summed E-state index contributed by atoms with van der Waals surface area (Å²) in [6.07, 6.45) is 8.49. The van der Waals surface area contributed by atoms with Crippen molar-refractivity contribution in [2.24, 2.45) is 0 Å². The summed E-state index contributed by atoms with van der Waals surface area (Å²) in [4.78, 5) is 18.4. The number of nitrogens with one attached hydrogen (secondary N) is 2. The van der Waals surface area contributed by atoms with Gasteiger partial charge in [0.1, 0.15) is 0 Å². The van der Waals surface area contributed by atoms with Crippen molar-refractivity contribution in [2.45, 2.75) is 20.8 Å². The molecule has 250 valence electrons. The lowest BCUT2D eigenvalue weighted by Gasteiger charge is -2.08. The predicted octanol–water partition coefficient (Wildman–Crippen LogP) is 11.8. The highest BCUT2D eigenvalue weighted by Crippen LogP contribution is 2.39. The molecule has 5 heteroatoms. The molecule has 0 aliphatic carbocycles. The van der Waals surface area contributed by atoms with Crippen LogP contribution in [0.5, 0.6) is 0 Å². The molecule has 0 spiro atoms. The number of benzene rings is 4. The second-order valence-electron chi connectivity index (χ2n) is 13.7. The van der Waals surface area contributed by atoms with Crippen molar-refractivity contribution in [3.8, 4) is 44.5 Å². The van der Waals surface area contributed by atoms with Gasteiger partial charge in [0.05, 0.1) is 22.8 Å². The number of para-hydroxylation sites is 1. The van der Waals surface area contributed by atoms with Gasteiger partial charge < -0.3 is 15.7 Å². The van der Waals surface area contributed by atoms with E-state index in [2.05, 4.69) is 158 Å². The number of aromatic amines is 2. The van der Waals surface area contributed by atoms with Crippen LogP contribution in [0.3, 0.4) is 0 Å². The third-order valence-corrected chi connectivity index (χ3v) is 10.0. The van der Waals surface area contributed by atoms with Crippen molar-refractivity contribution in [1.29, 1.82) is 0 Å². The standard InChI is InChI=1S/C47H37N5/c1-28-8-14-31(15-9-28)44-36-20-22-38(49-36)45(32-16-10-29(2)11-17-32)40-24-26-42(51-40)47(34-6-4-5-7-35(34)48)43-27-25-41(52-43)46(39-23-21-37(44)50-39)33-18-12-30(3)13-19-33/h4-27,49,52H,48H2,1-3H3. The fraction of sp³-hybridized carbons (Fsp3) is 0.0638. The van der Waals surface area contributed by atoms with E-state index >= 15 is 0 Å². The van der Waals surface area contributed by atoms with Gasteiger partial charge in [0.2, 0.25) is 0 Å². The minimum absolute atomic E-state index is 0.689. The lowest BCUT2D eigenvalue weighted by molar-refractivity contribution is 1.31. The van der Waals surface area contributed by atoms with Crippen molar-refractivity contribution in [3.05, 3.63) is 161 Å². The van der Waals surface area contributed by atoms with Gasteiger partial charge >= 0.3 is 0 Å². The molecule has 0 amide bonds. The van der Waals surface area contributed by atoms with Crippen LogP contribution in [0.1, 0.15) is 39.5 Å². The quantitative estimate of drug-likeness (QED) is 0.163. The Kier molecular flexibility index (Phi) is 7.55. The number of nitrogen functional groups attached to an aromatic ring is 1. The highest BCUT2D eigenvalue weighted by Gasteiger charge is 2.19. The molecule has 0 unspecified atom stereocenters. The van der Waals surface area contributed by atoms with Gasteiger partial charge in [-0.25, -0.2) is 9.97 Å². The molecule has 0 atom stereocenters. The number of H-pyrrole nitrogens is 2. The van der Waals surface area contributed by atoms with E-state index in [9.17, 15) is 0 Å². The third kappa shape index (κ3) is 5.53. The van der Waals surface area contributed by atoms with E-state index in [1.165, 1.54) is 16.7 Å². The van der Waals surface area contributed by atoms with Crippen LogP contribution in [0.4, 0.5) is 5.69 Å². The summed E-state index contributed by atoms with van der Waals surface area (Å²) in [6, 6.07) is 42.6. The topological polar surface area (TPSA) is 83.4 Å². The first kappa shape index (κ1) is 31.3. The smallest absolute Gasteiger partial charge is 0.0738 e. The number of hydrogen-bond donors (Lipinski definition) is 3. The zero-order chi connectivity index (χ0) is 35.3. The van der Waals surface area contributed by atoms with Crippen molar-refractivity contribution in [1.82, 2.24) is 19.9 Å². The third-order valence-electron chi connectivity index (χ3n) is 10.0. The zero-order valence-corrected chi connectivity index (χ0v) is 29.3. The van der Waals surface area contributed by atoms with E-state index in [1.54, 1.807) is 0 Å². The lowest BCUT2D eigenvalue weighted by atomic mass is 10.0. The molecule has 2 aliphatic heterocycles. The first-order valence-corrected chi connectivity index (χ1v) is 17.6. The molecule has 4 aromatic carbocycles. The van der Waals surface area contributed by atoms with Crippen LogP contribution in [0, 0.1) is 20.8 Å². The molecule has 9 rings (SSSR count). The highest BCUT2D eigenvalue weighted by atomic mass is 14.8. The van der Waals surface area contributed by atoms with E-state index in [4.69, 9.17) is 15.7 Å². The van der Waals surface area contributed by atoms with Gasteiger partial charge in [-0.15, -0.1) is 0 Å². The average Bonchev–Trinajstić information content (AvgIpc) is 3.99. The second kappa shape index (κ2) is 12.6. The summed E-state index contributed by atoms with van der Waals surface area (Å²) >= 11 is 0. The molecule has 0 radical (unpaired) electrons. The molecule has 52 heavy (non-hydrogen) atoms. The molecule has 4 N–H and O–H groups in total. The van der Waals surface area contributed by atoms with Gasteiger partial charge in [-0.3, -0.25) is 0 Å². The maximum atomic E-state index is 6.70. The number of nitrogens with two attached hydrogens (primary N) is 1. The Hall–Kier alpha value is -6.72. The van der Waals surface area contributed by atoms with Crippen LogP contribution < -0.4 is 5.73 Å². The van der Waals surface area contributed by atoms with E-state index in [1.807, 2.05) is 18.2 Å². The van der Waals surface area contributed by atoms with Crippen molar-refractivity contribution >= 4 is 52.1 Å². The Morgan fingerprint density at radius 1 is 0.385 bits per heavy atom. The zero-order valence-electron chi connectivity index (χ0n) is 29.3. The molecule has 8 bridgehead atoms. The number of rotatable bonds is 4. The summed E-state index contributed by atoms with van der Waals surface area (Å²) in [5.74, 6) is 0. The number of nitrogens with zero attached hydrogens (tertiary/aromatic N) is 2. The normalized spacial score (nSPS) is 12.1. The Bertz CT molecular complexity index is 2700. The van der Waals surface area contributed by atoms with Gasteiger partial charge in [-0.2, -0.15) is 0 Å². The molecule has 0 fully saturated rings. The first-order chi connectivity index (χ1) is 25.4. The molecule has 7 aromatic rings. The molecule has 5 heterocycles. The van der Waals surface area contributed by atoms with E-state index in [-0.39, 0.29) is 0 Å². The maximum Gasteiger partial charge on any atom is 0.0738 e. The monoisotopic (exact) mass is 671 g/mol. The summed E-state index contributed by atoms with van der Waals surface area (Å²) in [6.45, 7) is 6.34. The Morgan fingerprint density at radius 2 is 0.712 bits per heavy atom. The molecular weight excluding hydrogens is 635 g/mol. The highest BCUT2D eigenvalue weighted by molar-refractivity contribution is 6.00. The minimum atomic E-state index is 0.689. The average molecular weight is 672 g/mol. The number of aromatic nitrogens is 4. The number of anilines is 1. The summed E-state index contributed by atoms with van der Waals surface area (Å²) in [7, 11) is 0. The Balaban J connectivity index is 1.48. The van der Waals surface area contributed by atoms with Crippen molar-refractivity contribution in [3.63, 3.8) is 0 Å².